The van der Waals surface area contributed by atoms with Gasteiger partial charge in [0.2, 0.25) is 5.91 Å². The average molecular weight is 329 g/mol. The summed E-state index contributed by atoms with van der Waals surface area (Å²) in [6.45, 7) is -0.152. The van der Waals surface area contributed by atoms with Crippen molar-refractivity contribution in [3.05, 3.63) is 65.5 Å². The van der Waals surface area contributed by atoms with Crippen molar-refractivity contribution in [2.45, 2.75) is 24.8 Å². The molecule has 0 aromatic heterocycles. The first-order valence-electron chi connectivity index (χ1n) is 8.01. The first kappa shape index (κ1) is 16.5. The number of halogens is 1. The van der Waals surface area contributed by atoms with E-state index < -0.39 is 0 Å². The largest absolute Gasteiger partial charge is 0.508 e. The molecule has 1 amide bonds. The molecule has 126 valence electrons. The third-order valence-electron chi connectivity index (χ3n) is 4.41. The van der Waals surface area contributed by atoms with Crippen molar-refractivity contribution in [3.63, 3.8) is 0 Å². The normalized spacial score (nSPS) is 20.4. The fraction of sp³-hybridized carbons (Fsp3) is 0.316. The topological polar surface area (TPSA) is 69.6 Å². The van der Waals surface area contributed by atoms with Crippen LogP contribution in [0.3, 0.4) is 0 Å². The second-order valence-electron chi connectivity index (χ2n) is 6.26. The van der Waals surface area contributed by atoms with Gasteiger partial charge in [-0.25, -0.2) is 4.39 Å². The van der Waals surface area contributed by atoms with Crippen LogP contribution >= 0.6 is 0 Å². The molecule has 0 bridgehead atoms. The Labute approximate surface area is 140 Å². The van der Waals surface area contributed by atoms with Crippen LogP contribution in [-0.2, 0) is 11.2 Å². The fourth-order valence-corrected chi connectivity index (χ4v) is 2.95. The average Bonchev–Trinajstić information content (AvgIpc) is 3.37. The quantitative estimate of drug-likeness (QED) is 0.762. The molecule has 1 saturated carbocycles. The number of aromatic hydroxyl groups is 1. The van der Waals surface area contributed by atoms with Gasteiger partial charge in [-0.15, -0.1) is 0 Å². The van der Waals surface area contributed by atoms with Crippen LogP contribution in [0.15, 0.2) is 48.5 Å². The van der Waals surface area contributed by atoms with Gasteiger partial charge in [0.15, 0.2) is 0 Å². The number of hydrogen-bond donors (Lipinski definition) is 3. The first-order chi connectivity index (χ1) is 11.6. The summed E-state index contributed by atoms with van der Waals surface area (Å²) in [5, 5.41) is 21.7. The Morgan fingerprint density at radius 3 is 2.46 bits per heavy atom. The van der Waals surface area contributed by atoms with Crippen molar-refractivity contribution in [3.8, 4) is 5.75 Å². The lowest BCUT2D eigenvalue weighted by atomic mass is 10.1. The van der Waals surface area contributed by atoms with Gasteiger partial charge in [0.25, 0.3) is 0 Å². The molecule has 4 nitrogen and oxygen atoms in total. The minimum absolute atomic E-state index is 0.0813. The number of phenols is 1. The Balaban J connectivity index is 1.55. The molecule has 3 atom stereocenters. The predicted molar refractivity (Wildman–Crippen MR) is 88.1 cm³/mol. The van der Waals surface area contributed by atoms with Crippen molar-refractivity contribution in [2.75, 3.05) is 6.61 Å². The highest BCUT2D eigenvalue weighted by Gasteiger charge is 2.44. The lowest BCUT2D eigenvalue weighted by molar-refractivity contribution is -0.123. The number of aliphatic hydroxyl groups excluding tert-OH is 1. The van der Waals surface area contributed by atoms with E-state index in [0.29, 0.717) is 6.42 Å². The molecule has 3 rings (SSSR count). The zero-order valence-electron chi connectivity index (χ0n) is 13.2. The van der Waals surface area contributed by atoms with Gasteiger partial charge < -0.3 is 15.5 Å². The summed E-state index contributed by atoms with van der Waals surface area (Å²) in [6.07, 6.45) is 1.24. The number of nitrogens with one attached hydrogen (secondary N) is 1. The Bertz CT molecular complexity index is 700. The molecule has 0 radical (unpaired) electrons. The number of aliphatic hydroxyl groups is 1. The van der Waals surface area contributed by atoms with E-state index in [1.165, 1.54) is 12.1 Å². The minimum atomic E-state index is -0.364. The smallest absolute Gasteiger partial charge is 0.224 e. The highest BCUT2D eigenvalue weighted by atomic mass is 19.1. The number of benzene rings is 2. The van der Waals surface area contributed by atoms with Crippen LogP contribution < -0.4 is 5.32 Å². The van der Waals surface area contributed by atoms with E-state index >= 15 is 0 Å². The molecule has 24 heavy (non-hydrogen) atoms. The number of amides is 1. The Morgan fingerprint density at radius 1 is 1.17 bits per heavy atom. The van der Waals surface area contributed by atoms with Gasteiger partial charge in [0, 0.05) is 5.92 Å². The third kappa shape index (κ3) is 3.92. The minimum Gasteiger partial charge on any atom is -0.508 e. The SMILES string of the molecule is O=C(N[C@H](CO)Cc1ccc(O)cc1)C1CC1c1ccc(F)cc1. The lowest BCUT2D eigenvalue weighted by Gasteiger charge is -2.16. The molecular formula is C19H20FNO3. The van der Waals surface area contributed by atoms with Gasteiger partial charge in [-0.05, 0) is 54.2 Å². The van der Waals surface area contributed by atoms with Crippen molar-refractivity contribution in [2.24, 2.45) is 5.92 Å². The summed E-state index contributed by atoms with van der Waals surface area (Å²) in [5.41, 5.74) is 1.90. The number of phenolic OH excluding ortho intramolecular Hbond substituents is 1. The van der Waals surface area contributed by atoms with E-state index in [1.807, 2.05) is 0 Å². The zero-order chi connectivity index (χ0) is 17.1. The maximum Gasteiger partial charge on any atom is 0.224 e. The predicted octanol–water partition coefficient (Wildman–Crippen LogP) is 2.35. The van der Waals surface area contributed by atoms with Crippen LogP contribution in [0.1, 0.15) is 23.5 Å². The number of rotatable bonds is 6. The summed E-state index contributed by atoms with van der Waals surface area (Å²) in [4.78, 5) is 12.3. The second kappa shape index (κ2) is 7.01. The van der Waals surface area contributed by atoms with E-state index in [4.69, 9.17) is 0 Å². The fourth-order valence-electron chi connectivity index (χ4n) is 2.95. The molecule has 5 heteroatoms. The van der Waals surface area contributed by atoms with Gasteiger partial charge in [-0.3, -0.25) is 4.79 Å². The molecule has 2 aromatic carbocycles. The monoisotopic (exact) mass is 329 g/mol. The summed E-state index contributed by atoms with van der Waals surface area (Å²) in [6, 6.07) is 12.6. The van der Waals surface area contributed by atoms with Crippen LogP contribution in [0.4, 0.5) is 4.39 Å². The Morgan fingerprint density at radius 2 is 1.83 bits per heavy atom. The molecule has 2 aromatic rings. The number of carbonyl (C=O) groups is 1. The molecular weight excluding hydrogens is 309 g/mol. The van der Waals surface area contributed by atoms with Crippen LogP contribution in [-0.4, -0.2) is 28.8 Å². The molecule has 0 saturated heterocycles. The third-order valence-corrected chi connectivity index (χ3v) is 4.41. The van der Waals surface area contributed by atoms with E-state index in [0.717, 1.165) is 17.5 Å². The van der Waals surface area contributed by atoms with Crippen LogP contribution in [0.25, 0.3) is 0 Å². The van der Waals surface area contributed by atoms with E-state index in [1.54, 1.807) is 36.4 Å². The summed E-state index contributed by atoms with van der Waals surface area (Å²) in [7, 11) is 0. The number of carbonyl (C=O) groups excluding carboxylic acids is 1. The van der Waals surface area contributed by atoms with Crippen LogP contribution in [0.5, 0.6) is 5.75 Å². The molecule has 0 aliphatic heterocycles. The van der Waals surface area contributed by atoms with Crippen molar-refractivity contribution in [1.82, 2.24) is 5.32 Å². The second-order valence-corrected chi connectivity index (χ2v) is 6.26. The zero-order valence-corrected chi connectivity index (χ0v) is 13.2. The van der Waals surface area contributed by atoms with Crippen LogP contribution in [0.2, 0.25) is 0 Å². The van der Waals surface area contributed by atoms with Crippen molar-refractivity contribution >= 4 is 5.91 Å². The van der Waals surface area contributed by atoms with Crippen molar-refractivity contribution < 1.29 is 19.4 Å². The Hall–Kier alpha value is -2.40. The molecule has 2 unspecified atom stereocenters. The van der Waals surface area contributed by atoms with Gasteiger partial charge in [0.05, 0.1) is 12.6 Å². The molecule has 1 aliphatic carbocycles. The maximum absolute atomic E-state index is 13.0. The van der Waals surface area contributed by atoms with E-state index in [9.17, 15) is 19.4 Å². The highest BCUT2D eigenvalue weighted by molar-refractivity contribution is 5.83. The summed E-state index contributed by atoms with van der Waals surface area (Å²) < 4.78 is 13.0. The summed E-state index contributed by atoms with van der Waals surface area (Å²) >= 11 is 0. The maximum atomic E-state index is 13.0. The standard InChI is InChI=1S/C19H20FNO3/c20-14-5-3-13(4-6-14)17-10-18(17)19(24)21-15(11-22)9-12-1-7-16(23)8-2-12/h1-8,15,17-18,22-23H,9-11H2,(H,21,24)/t15-,17?,18?/m0/s1. The van der Waals surface area contributed by atoms with Gasteiger partial charge in [-0.2, -0.15) is 0 Å². The van der Waals surface area contributed by atoms with Crippen molar-refractivity contribution in [1.29, 1.82) is 0 Å². The molecule has 0 heterocycles. The molecule has 1 aliphatic rings. The van der Waals surface area contributed by atoms with Gasteiger partial charge >= 0.3 is 0 Å². The highest BCUT2D eigenvalue weighted by Crippen LogP contribution is 2.47. The van der Waals surface area contributed by atoms with Gasteiger partial charge in [0.1, 0.15) is 11.6 Å². The molecule has 3 N–H and O–H groups in total. The van der Waals surface area contributed by atoms with E-state index in [2.05, 4.69) is 5.32 Å². The lowest BCUT2D eigenvalue weighted by Crippen LogP contribution is -2.40. The van der Waals surface area contributed by atoms with Gasteiger partial charge in [-0.1, -0.05) is 24.3 Å². The number of hydrogen-bond acceptors (Lipinski definition) is 3. The molecule has 1 fully saturated rings. The molecule has 0 spiro atoms. The first-order valence-corrected chi connectivity index (χ1v) is 8.01. The van der Waals surface area contributed by atoms with Crippen LogP contribution in [0, 0.1) is 11.7 Å². The summed E-state index contributed by atoms with van der Waals surface area (Å²) in [5.74, 6) is -0.178. The van der Waals surface area contributed by atoms with E-state index in [-0.39, 0.29) is 42.0 Å². The Kier molecular flexibility index (Phi) is 4.81.